The number of thioether (sulfide) groups is 1. The summed E-state index contributed by atoms with van der Waals surface area (Å²) in [4.78, 5) is 29.0. The van der Waals surface area contributed by atoms with Gasteiger partial charge in [0.2, 0.25) is 5.91 Å². The lowest BCUT2D eigenvalue weighted by molar-refractivity contribution is -0.116. The average molecular weight is 329 g/mol. The largest absolute Gasteiger partial charge is 0.312 e. The Balaban J connectivity index is 2.23. The smallest absolute Gasteiger partial charge is 0.279 e. The average Bonchev–Trinajstić information content (AvgIpc) is 2.52. The van der Waals surface area contributed by atoms with Crippen molar-refractivity contribution in [2.45, 2.75) is 31.3 Å². The quantitative estimate of drug-likeness (QED) is 0.694. The van der Waals surface area contributed by atoms with Crippen LogP contribution in [0, 0.1) is 6.92 Å². The van der Waals surface area contributed by atoms with Gasteiger partial charge in [-0.25, -0.2) is 0 Å². The third kappa shape index (κ3) is 2.79. The van der Waals surface area contributed by atoms with E-state index in [1.54, 1.807) is 0 Å². The van der Waals surface area contributed by atoms with E-state index in [1.807, 2.05) is 49.7 Å². The molecule has 120 valence electrons. The van der Waals surface area contributed by atoms with Crippen molar-refractivity contribution in [1.82, 2.24) is 9.55 Å². The summed E-state index contributed by atoms with van der Waals surface area (Å²) in [7, 11) is 1.84. The van der Waals surface area contributed by atoms with Crippen LogP contribution in [0.2, 0.25) is 0 Å². The van der Waals surface area contributed by atoms with Gasteiger partial charge in [-0.05, 0) is 23.8 Å². The van der Waals surface area contributed by atoms with Gasteiger partial charge in [-0.3, -0.25) is 9.59 Å². The third-order valence-electron chi connectivity index (χ3n) is 4.14. The number of amides is 1. The van der Waals surface area contributed by atoms with Gasteiger partial charge in [0.05, 0.1) is 5.56 Å². The summed E-state index contributed by atoms with van der Waals surface area (Å²) < 4.78 is 1.81. The topological polar surface area (TPSA) is 64.0 Å². The standard InChI is InChI=1S/C17H19N3O2S/c1-4-23-17-19-16(22)14-12(11-8-6-5-7-10(11)2)9-13(21)18-15(14)20(17)3/h5-8,12H,4,9H2,1-3H3,(H,18,21). The first-order valence-corrected chi connectivity index (χ1v) is 8.60. The number of aromatic nitrogens is 2. The van der Waals surface area contributed by atoms with Crippen LogP contribution in [0.25, 0.3) is 0 Å². The lowest BCUT2D eigenvalue weighted by Gasteiger charge is -2.28. The molecule has 6 heteroatoms. The molecule has 1 N–H and O–H groups in total. The highest BCUT2D eigenvalue weighted by atomic mass is 32.2. The molecule has 0 spiro atoms. The van der Waals surface area contributed by atoms with Crippen LogP contribution in [0.1, 0.15) is 36.0 Å². The van der Waals surface area contributed by atoms with E-state index in [2.05, 4.69) is 10.3 Å². The van der Waals surface area contributed by atoms with Crippen molar-refractivity contribution in [3.05, 3.63) is 51.3 Å². The molecule has 1 aliphatic rings. The number of fused-ring (bicyclic) bond motifs is 1. The number of carbonyl (C=O) groups excluding carboxylic acids is 1. The molecule has 1 atom stereocenters. The summed E-state index contributed by atoms with van der Waals surface area (Å²) in [6.07, 6.45) is 0.273. The molecule has 3 rings (SSSR count). The molecule has 1 amide bonds. The van der Waals surface area contributed by atoms with Gasteiger partial charge in [0.15, 0.2) is 5.16 Å². The Bertz CT molecular complexity index is 829. The Morgan fingerprint density at radius 3 is 2.78 bits per heavy atom. The van der Waals surface area contributed by atoms with Crippen molar-refractivity contribution >= 4 is 23.5 Å². The van der Waals surface area contributed by atoms with Gasteiger partial charge < -0.3 is 9.88 Å². The fourth-order valence-electron chi connectivity index (χ4n) is 3.04. The molecule has 0 saturated heterocycles. The summed E-state index contributed by atoms with van der Waals surface area (Å²) >= 11 is 1.49. The van der Waals surface area contributed by atoms with Crippen molar-refractivity contribution in [3.8, 4) is 0 Å². The van der Waals surface area contributed by atoms with Crippen molar-refractivity contribution < 1.29 is 4.79 Å². The number of carbonyl (C=O) groups is 1. The van der Waals surface area contributed by atoms with Crippen molar-refractivity contribution in [2.75, 3.05) is 11.1 Å². The third-order valence-corrected chi connectivity index (χ3v) is 5.05. The maximum Gasteiger partial charge on any atom is 0.279 e. The predicted octanol–water partition coefficient (Wildman–Crippen LogP) is 2.67. The number of benzene rings is 1. The highest BCUT2D eigenvalue weighted by Gasteiger charge is 2.32. The lowest BCUT2D eigenvalue weighted by Crippen LogP contribution is -2.33. The zero-order valence-corrected chi connectivity index (χ0v) is 14.2. The van der Waals surface area contributed by atoms with E-state index in [0.717, 1.165) is 16.9 Å². The van der Waals surface area contributed by atoms with Crippen LogP contribution in [0.15, 0.2) is 34.2 Å². The predicted molar refractivity (Wildman–Crippen MR) is 92.1 cm³/mol. The Morgan fingerprint density at radius 2 is 2.09 bits per heavy atom. The highest BCUT2D eigenvalue weighted by Crippen LogP contribution is 2.36. The number of hydrogen-bond donors (Lipinski definition) is 1. The molecule has 1 aromatic heterocycles. The molecule has 23 heavy (non-hydrogen) atoms. The first-order valence-electron chi connectivity index (χ1n) is 7.62. The summed E-state index contributed by atoms with van der Waals surface area (Å²) in [6, 6.07) is 7.88. The maximum absolute atomic E-state index is 12.6. The molecule has 2 heterocycles. The summed E-state index contributed by atoms with van der Waals surface area (Å²) in [5.74, 6) is 1.07. The Morgan fingerprint density at radius 1 is 1.35 bits per heavy atom. The SMILES string of the molecule is CCSc1nc(=O)c2c(n1C)NC(=O)CC2c1ccccc1C. The molecule has 1 aromatic carbocycles. The van der Waals surface area contributed by atoms with E-state index in [-0.39, 0.29) is 23.8 Å². The fraction of sp³-hybridized carbons (Fsp3) is 0.353. The molecular formula is C17H19N3O2S. The van der Waals surface area contributed by atoms with Gasteiger partial charge in [-0.1, -0.05) is 43.0 Å². The van der Waals surface area contributed by atoms with Gasteiger partial charge in [0.25, 0.3) is 5.56 Å². The second-order valence-corrected chi connectivity index (χ2v) is 6.85. The zero-order valence-electron chi connectivity index (χ0n) is 13.4. The molecule has 0 bridgehead atoms. The Labute approximate surface area is 139 Å². The molecule has 0 aliphatic carbocycles. The summed E-state index contributed by atoms with van der Waals surface area (Å²) in [5, 5.41) is 3.48. The number of nitrogens with zero attached hydrogens (tertiary/aromatic N) is 2. The van der Waals surface area contributed by atoms with Crippen molar-refractivity contribution in [2.24, 2.45) is 7.05 Å². The first kappa shape index (κ1) is 15.8. The molecule has 1 aliphatic heterocycles. The van der Waals surface area contributed by atoms with Gasteiger partial charge in [0.1, 0.15) is 5.82 Å². The summed E-state index contributed by atoms with van der Waals surface area (Å²) in [5.41, 5.74) is 2.43. The Hall–Kier alpha value is -2.08. The van der Waals surface area contributed by atoms with Gasteiger partial charge in [0, 0.05) is 19.4 Å². The molecule has 0 fully saturated rings. The van der Waals surface area contributed by atoms with Crippen LogP contribution in [-0.4, -0.2) is 21.2 Å². The van der Waals surface area contributed by atoms with Crippen LogP contribution in [-0.2, 0) is 11.8 Å². The molecule has 1 unspecified atom stereocenters. The molecular weight excluding hydrogens is 310 g/mol. The van der Waals surface area contributed by atoms with E-state index in [0.29, 0.717) is 16.5 Å². The number of hydrogen-bond acceptors (Lipinski definition) is 4. The molecule has 0 radical (unpaired) electrons. The first-order chi connectivity index (χ1) is 11.0. The second kappa shape index (κ2) is 6.20. The molecule has 5 nitrogen and oxygen atoms in total. The van der Waals surface area contributed by atoms with Crippen LogP contribution in [0.3, 0.4) is 0 Å². The summed E-state index contributed by atoms with van der Waals surface area (Å²) in [6.45, 7) is 4.01. The van der Waals surface area contributed by atoms with E-state index in [9.17, 15) is 9.59 Å². The van der Waals surface area contributed by atoms with E-state index in [4.69, 9.17) is 0 Å². The van der Waals surface area contributed by atoms with E-state index >= 15 is 0 Å². The second-order valence-electron chi connectivity index (χ2n) is 5.62. The minimum Gasteiger partial charge on any atom is -0.312 e. The number of aryl methyl sites for hydroxylation is 1. The van der Waals surface area contributed by atoms with Crippen LogP contribution in [0.5, 0.6) is 0 Å². The van der Waals surface area contributed by atoms with Crippen molar-refractivity contribution in [3.63, 3.8) is 0 Å². The van der Waals surface area contributed by atoms with Gasteiger partial charge >= 0.3 is 0 Å². The maximum atomic E-state index is 12.6. The van der Waals surface area contributed by atoms with Gasteiger partial charge in [-0.2, -0.15) is 4.98 Å². The molecule has 0 saturated carbocycles. The Kier molecular flexibility index (Phi) is 4.26. The van der Waals surface area contributed by atoms with Crippen LogP contribution >= 0.6 is 11.8 Å². The minimum absolute atomic E-state index is 0.0700. The van der Waals surface area contributed by atoms with Gasteiger partial charge in [-0.15, -0.1) is 0 Å². The number of rotatable bonds is 3. The normalized spacial score (nSPS) is 16.8. The van der Waals surface area contributed by atoms with Crippen molar-refractivity contribution in [1.29, 1.82) is 0 Å². The van der Waals surface area contributed by atoms with E-state index < -0.39 is 0 Å². The van der Waals surface area contributed by atoms with Crippen LogP contribution < -0.4 is 10.9 Å². The number of anilines is 1. The monoisotopic (exact) mass is 329 g/mol. The lowest BCUT2D eigenvalue weighted by atomic mass is 9.84. The highest BCUT2D eigenvalue weighted by molar-refractivity contribution is 7.99. The van der Waals surface area contributed by atoms with Crippen LogP contribution in [0.4, 0.5) is 5.82 Å². The minimum atomic E-state index is -0.248. The molecule has 2 aromatic rings. The zero-order chi connectivity index (χ0) is 16.6. The number of nitrogens with one attached hydrogen (secondary N) is 1. The van der Waals surface area contributed by atoms with E-state index in [1.165, 1.54) is 11.8 Å². The fourth-order valence-corrected chi connectivity index (χ4v) is 3.73.